The first kappa shape index (κ1) is 30.5. The van der Waals surface area contributed by atoms with Crippen molar-refractivity contribution in [1.82, 2.24) is 14.5 Å². The average molecular weight is 629 g/mol. The normalized spacial score (nSPS) is 18.2. The number of ketones is 1. The number of fused-ring (bicyclic) bond motifs is 1. The van der Waals surface area contributed by atoms with Gasteiger partial charge in [-0.15, -0.1) is 0 Å². The molecule has 0 radical (unpaired) electrons. The molecule has 0 spiro atoms. The Bertz CT molecular complexity index is 1340. The number of Topliss-reactive ketones (excluding diaryl/α,β-unsaturated/α-hetero) is 1. The van der Waals surface area contributed by atoms with Gasteiger partial charge >= 0.3 is 6.09 Å². The zero-order valence-electron chi connectivity index (χ0n) is 24.6. The molecule has 1 aromatic heterocycles. The lowest BCUT2D eigenvalue weighted by Gasteiger charge is -2.44. The first-order chi connectivity index (χ1) is 18.8. The lowest BCUT2D eigenvalue weighted by atomic mass is 9.95. The molecule has 0 unspecified atom stereocenters. The molecule has 3 aromatic rings. The van der Waals surface area contributed by atoms with Crippen LogP contribution in [0.4, 0.5) is 4.79 Å². The van der Waals surface area contributed by atoms with Crippen molar-refractivity contribution in [2.24, 2.45) is 5.41 Å². The molecule has 1 fully saturated rings. The van der Waals surface area contributed by atoms with Gasteiger partial charge in [0.05, 0.1) is 36.1 Å². The molecule has 1 aliphatic heterocycles. The molecule has 2 heterocycles. The summed E-state index contributed by atoms with van der Waals surface area (Å²) in [7, 11) is -2.08. The second kappa shape index (κ2) is 12.6. The van der Waals surface area contributed by atoms with E-state index in [9.17, 15) is 9.59 Å². The molecule has 0 aliphatic carbocycles. The van der Waals surface area contributed by atoms with Gasteiger partial charge in [0.25, 0.3) is 0 Å². The second-order valence-corrected chi connectivity index (χ2v) is 17.7. The van der Waals surface area contributed by atoms with Crippen LogP contribution >= 0.6 is 15.9 Å². The number of ether oxygens (including phenoxy) is 1. The van der Waals surface area contributed by atoms with Crippen molar-refractivity contribution < 1.29 is 18.8 Å². The van der Waals surface area contributed by atoms with Crippen LogP contribution in [0.25, 0.3) is 11.0 Å². The minimum atomic E-state index is -2.08. The largest absolute Gasteiger partial charge is 0.445 e. The molecule has 2 atom stereocenters. The number of hydrogen-bond acceptors (Lipinski definition) is 5. The van der Waals surface area contributed by atoms with E-state index in [4.69, 9.17) is 9.16 Å². The number of benzene rings is 2. The van der Waals surface area contributed by atoms with Gasteiger partial charge in [-0.3, -0.25) is 4.79 Å². The fourth-order valence-corrected chi connectivity index (χ4v) is 10.1. The minimum absolute atomic E-state index is 0.0384. The van der Waals surface area contributed by atoms with E-state index in [2.05, 4.69) is 54.8 Å². The third kappa shape index (κ3) is 7.82. The summed E-state index contributed by atoms with van der Waals surface area (Å²) in [5.74, 6) is 0.0384. The lowest BCUT2D eigenvalue weighted by Crippen LogP contribution is -2.55. The summed E-state index contributed by atoms with van der Waals surface area (Å²) in [6, 6.07) is 14.2. The highest BCUT2D eigenvalue weighted by Gasteiger charge is 2.41. The number of carbonyl (C=O) groups is 2. The lowest BCUT2D eigenvalue weighted by molar-refractivity contribution is -0.122. The van der Waals surface area contributed by atoms with Crippen molar-refractivity contribution in [3.63, 3.8) is 0 Å². The van der Waals surface area contributed by atoms with E-state index in [-0.39, 0.29) is 49.0 Å². The predicted molar refractivity (Wildman–Crippen MR) is 165 cm³/mol. The van der Waals surface area contributed by atoms with Crippen molar-refractivity contribution in [1.29, 1.82) is 0 Å². The number of aryl methyl sites for hydroxylation is 1. The van der Waals surface area contributed by atoms with Crippen LogP contribution in [-0.4, -0.2) is 53.3 Å². The number of nitrogens with zero attached hydrogens (tertiary/aromatic N) is 3. The molecule has 1 amide bonds. The maximum Gasteiger partial charge on any atom is 0.410 e. The zero-order valence-corrected chi connectivity index (χ0v) is 27.2. The Labute approximate surface area is 247 Å². The van der Waals surface area contributed by atoms with Gasteiger partial charge in [-0.1, -0.05) is 67.0 Å². The van der Waals surface area contributed by atoms with Gasteiger partial charge in [-0.2, -0.15) is 0 Å². The molecular formula is C31H42BrN3O4Si. The third-order valence-corrected chi connectivity index (χ3v) is 11.1. The topological polar surface area (TPSA) is 73.7 Å². The number of rotatable bonds is 9. The van der Waals surface area contributed by atoms with E-state index in [1.807, 2.05) is 54.0 Å². The van der Waals surface area contributed by atoms with Gasteiger partial charge in [0.1, 0.15) is 6.61 Å². The third-order valence-electron chi connectivity index (χ3n) is 7.35. The number of carbonyl (C=O) groups excluding carboxylic acids is 2. The smallest absolute Gasteiger partial charge is 0.410 e. The summed E-state index contributed by atoms with van der Waals surface area (Å²) in [6.45, 7) is 14.1. The monoisotopic (exact) mass is 627 g/mol. The Hall–Kier alpha value is -2.49. The Kier molecular flexibility index (Phi) is 9.57. The number of likely N-dealkylation sites (tertiary alicyclic amines) is 1. The van der Waals surface area contributed by atoms with E-state index in [1.165, 1.54) is 0 Å². The first-order valence-electron chi connectivity index (χ1n) is 14.1. The number of piperidine rings is 1. The quantitative estimate of drug-likeness (QED) is 0.230. The van der Waals surface area contributed by atoms with Gasteiger partial charge in [0.2, 0.25) is 0 Å². The summed E-state index contributed by atoms with van der Waals surface area (Å²) in [6.07, 6.45) is 2.98. The Morgan fingerprint density at radius 2 is 1.85 bits per heavy atom. The van der Waals surface area contributed by atoms with Gasteiger partial charge in [0, 0.05) is 17.4 Å². The van der Waals surface area contributed by atoms with Crippen molar-refractivity contribution >= 4 is 47.2 Å². The summed E-state index contributed by atoms with van der Waals surface area (Å²) < 4.78 is 15.5. The molecule has 0 saturated carbocycles. The van der Waals surface area contributed by atoms with Crippen molar-refractivity contribution in [2.75, 3.05) is 6.54 Å². The van der Waals surface area contributed by atoms with Gasteiger partial charge in [-0.25, -0.2) is 9.78 Å². The standard InChI is InChI=1S/C31H42BrN3O4Si/c1-22-25(32)14-15-26-29(22)33-21-34(26)18-24(36)17-27-28(39-40(5,6)20-31(2,3)4)13-10-16-35(27)30(37)38-19-23-11-8-7-9-12-23/h7-9,11-12,14-15,21,27-28H,10,13,16-20H2,1-6H3/t27-,28+/m1/s1. The fraction of sp³-hybridized carbons (Fsp3) is 0.516. The first-order valence-corrected chi connectivity index (χ1v) is 18.0. The molecule has 1 aliphatic rings. The molecular weight excluding hydrogens is 586 g/mol. The van der Waals surface area contributed by atoms with E-state index >= 15 is 0 Å². The van der Waals surface area contributed by atoms with Gasteiger partial charge in [0.15, 0.2) is 14.1 Å². The number of hydrogen-bond donors (Lipinski definition) is 0. The van der Waals surface area contributed by atoms with Crippen LogP contribution in [-0.2, 0) is 27.1 Å². The number of imidazole rings is 1. The maximum absolute atomic E-state index is 13.6. The Morgan fingerprint density at radius 3 is 2.55 bits per heavy atom. The van der Waals surface area contributed by atoms with Crippen molar-refractivity contribution in [2.45, 2.75) is 91.4 Å². The van der Waals surface area contributed by atoms with E-state index < -0.39 is 8.32 Å². The van der Waals surface area contributed by atoms with E-state index in [1.54, 1.807) is 11.2 Å². The van der Waals surface area contributed by atoms with Crippen LogP contribution in [0.1, 0.15) is 51.2 Å². The SMILES string of the molecule is Cc1c(Br)ccc2c1ncn2CC(=O)C[C@@H]1[C@@H](O[Si](C)(C)CC(C)(C)C)CCCN1C(=O)OCc1ccccc1. The number of aromatic nitrogens is 2. The molecule has 2 aromatic carbocycles. The van der Waals surface area contributed by atoms with Crippen LogP contribution in [0.5, 0.6) is 0 Å². The van der Waals surface area contributed by atoms with Gasteiger partial charge in [-0.05, 0) is 67.6 Å². The highest BCUT2D eigenvalue weighted by molar-refractivity contribution is 9.10. The van der Waals surface area contributed by atoms with Crippen LogP contribution in [0.2, 0.25) is 19.1 Å². The molecule has 1 saturated heterocycles. The molecule has 216 valence electrons. The highest BCUT2D eigenvalue weighted by atomic mass is 79.9. The molecule has 0 bridgehead atoms. The molecule has 0 N–H and O–H groups in total. The second-order valence-electron chi connectivity index (χ2n) is 12.8. The fourth-order valence-electron chi connectivity index (χ4n) is 6.02. The Morgan fingerprint density at radius 1 is 1.12 bits per heavy atom. The summed E-state index contributed by atoms with van der Waals surface area (Å²) >= 11 is 3.56. The number of halogens is 1. The van der Waals surface area contributed by atoms with Crippen molar-refractivity contribution in [3.8, 4) is 0 Å². The average Bonchev–Trinajstić information content (AvgIpc) is 3.27. The zero-order chi connectivity index (χ0) is 29.1. The van der Waals surface area contributed by atoms with Crippen LogP contribution in [0.3, 0.4) is 0 Å². The molecule has 9 heteroatoms. The summed E-state index contributed by atoms with van der Waals surface area (Å²) in [4.78, 5) is 33.3. The summed E-state index contributed by atoms with van der Waals surface area (Å²) in [5, 5.41) is 0. The van der Waals surface area contributed by atoms with Gasteiger partial charge < -0.3 is 18.6 Å². The summed E-state index contributed by atoms with van der Waals surface area (Å²) in [5.41, 5.74) is 3.91. The van der Waals surface area contributed by atoms with Crippen LogP contribution in [0.15, 0.2) is 53.3 Å². The van der Waals surface area contributed by atoms with E-state index in [0.29, 0.717) is 6.54 Å². The number of amides is 1. The molecule has 4 rings (SSSR count). The molecule has 7 nitrogen and oxygen atoms in total. The predicted octanol–water partition coefficient (Wildman–Crippen LogP) is 7.50. The minimum Gasteiger partial charge on any atom is -0.445 e. The van der Waals surface area contributed by atoms with Crippen LogP contribution in [0, 0.1) is 12.3 Å². The van der Waals surface area contributed by atoms with Crippen LogP contribution < -0.4 is 0 Å². The maximum atomic E-state index is 13.6. The van der Waals surface area contributed by atoms with E-state index in [0.717, 1.165) is 45.5 Å². The highest BCUT2D eigenvalue weighted by Crippen LogP contribution is 2.33. The Balaban J connectivity index is 1.54. The molecule has 40 heavy (non-hydrogen) atoms. The van der Waals surface area contributed by atoms with Crippen molar-refractivity contribution in [3.05, 3.63) is 64.4 Å².